The predicted molar refractivity (Wildman–Crippen MR) is 67.2 cm³/mol. The van der Waals surface area contributed by atoms with E-state index in [2.05, 4.69) is 5.32 Å². The van der Waals surface area contributed by atoms with Crippen LogP contribution in [-0.2, 0) is 14.3 Å². The lowest BCUT2D eigenvalue weighted by Crippen LogP contribution is -2.45. The number of rotatable bonds is 7. The lowest BCUT2D eigenvalue weighted by Gasteiger charge is -2.20. The molecule has 3 atom stereocenters. The van der Waals surface area contributed by atoms with Gasteiger partial charge in [-0.3, -0.25) is 4.79 Å². The highest BCUT2D eigenvalue weighted by molar-refractivity contribution is 5.85. The maximum atomic E-state index is 12.0. The van der Waals surface area contributed by atoms with E-state index in [1.807, 2.05) is 13.8 Å². The Balaban J connectivity index is 2.52. The first kappa shape index (κ1) is 15.0. The van der Waals surface area contributed by atoms with Gasteiger partial charge in [0.05, 0.1) is 12.0 Å². The first-order valence-electron chi connectivity index (χ1n) is 6.74. The number of nitrogens with one attached hydrogen (secondary N) is 1. The molecule has 0 aromatic carbocycles. The standard InChI is InChI=1S/C13H23NO4/c1-3-5-6-10(13(16)17)14-12(15)9-7-8-18-11(9)4-2/h9-11H,3-8H2,1-2H3,(H,14,15)(H,16,17). The second-order valence-corrected chi connectivity index (χ2v) is 4.75. The Kier molecular flexibility index (Phi) is 6.12. The molecule has 1 heterocycles. The van der Waals surface area contributed by atoms with E-state index in [1.54, 1.807) is 0 Å². The molecule has 0 aliphatic carbocycles. The van der Waals surface area contributed by atoms with Crippen LogP contribution in [0.15, 0.2) is 0 Å². The van der Waals surface area contributed by atoms with Crippen molar-refractivity contribution >= 4 is 11.9 Å². The summed E-state index contributed by atoms with van der Waals surface area (Å²) >= 11 is 0. The van der Waals surface area contributed by atoms with E-state index < -0.39 is 12.0 Å². The SMILES string of the molecule is CCCCC(NC(=O)C1CCOC1CC)C(=O)O. The van der Waals surface area contributed by atoms with Crippen molar-refractivity contribution < 1.29 is 19.4 Å². The first-order valence-corrected chi connectivity index (χ1v) is 6.74. The first-order chi connectivity index (χ1) is 8.60. The number of carboxylic acids is 1. The molecule has 2 N–H and O–H groups in total. The van der Waals surface area contributed by atoms with Crippen LogP contribution < -0.4 is 5.32 Å². The van der Waals surface area contributed by atoms with Crippen LogP contribution in [0.2, 0.25) is 0 Å². The number of aliphatic carboxylic acids is 1. The Morgan fingerprint density at radius 1 is 1.44 bits per heavy atom. The molecule has 0 aromatic rings. The van der Waals surface area contributed by atoms with Crippen LogP contribution in [0.5, 0.6) is 0 Å². The van der Waals surface area contributed by atoms with Crippen LogP contribution >= 0.6 is 0 Å². The second kappa shape index (κ2) is 7.36. The van der Waals surface area contributed by atoms with E-state index >= 15 is 0 Å². The summed E-state index contributed by atoms with van der Waals surface area (Å²) in [5, 5.41) is 11.7. The van der Waals surface area contributed by atoms with Crippen molar-refractivity contribution in [1.29, 1.82) is 0 Å². The largest absolute Gasteiger partial charge is 0.480 e. The molecular weight excluding hydrogens is 234 g/mol. The number of hydrogen-bond donors (Lipinski definition) is 2. The fraction of sp³-hybridized carbons (Fsp3) is 0.846. The van der Waals surface area contributed by atoms with Crippen molar-refractivity contribution in [3.8, 4) is 0 Å². The minimum absolute atomic E-state index is 0.0642. The summed E-state index contributed by atoms with van der Waals surface area (Å²) in [6, 6.07) is -0.768. The molecule has 1 aliphatic rings. The van der Waals surface area contributed by atoms with Gasteiger partial charge < -0.3 is 15.2 Å². The minimum atomic E-state index is -0.955. The highest BCUT2D eigenvalue weighted by Gasteiger charge is 2.34. The second-order valence-electron chi connectivity index (χ2n) is 4.75. The summed E-state index contributed by atoms with van der Waals surface area (Å²) in [6.45, 7) is 4.56. The zero-order chi connectivity index (χ0) is 13.5. The number of carboxylic acid groups (broad SMARTS) is 1. The number of carbonyl (C=O) groups excluding carboxylic acids is 1. The Morgan fingerprint density at radius 3 is 2.72 bits per heavy atom. The van der Waals surface area contributed by atoms with Gasteiger partial charge in [-0.2, -0.15) is 0 Å². The predicted octanol–water partition coefficient (Wildman–Crippen LogP) is 1.56. The zero-order valence-electron chi connectivity index (χ0n) is 11.1. The van der Waals surface area contributed by atoms with Crippen molar-refractivity contribution in [3.63, 3.8) is 0 Å². The van der Waals surface area contributed by atoms with Gasteiger partial charge in [-0.1, -0.05) is 26.7 Å². The summed E-state index contributed by atoms with van der Waals surface area (Å²) < 4.78 is 5.45. The Labute approximate surface area is 108 Å². The van der Waals surface area contributed by atoms with E-state index in [4.69, 9.17) is 9.84 Å². The van der Waals surface area contributed by atoms with Crippen molar-refractivity contribution in [3.05, 3.63) is 0 Å². The van der Waals surface area contributed by atoms with Crippen LogP contribution in [0, 0.1) is 5.92 Å². The molecule has 1 amide bonds. The molecule has 0 bridgehead atoms. The summed E-state index contributed by atoms with van der Waals surface area (Å²) in [7, 11) is 0. The highest BCUT2D eigenvalue weighted by atomic mass is 16.5. The average molecular weight is 257 g/mol. The fourth-order valence-electron chi connectivity index (χ4n) is 2.30. The molecule has 3 unspecified atom stereocenters. The third kappa shape index (κ3) is 3.98. The fourth-order valence-corrected chi connectivity index (χ4v) is 2.30. The number of hydrogen-bond acceptors (Lipinski definition) is 3. The van der Waals surface area contributed by atoms with Crippen LogP contribution in [0.25, 0.3) is 0 Å². The normalized spacial score (nSPS) is 24.8. The monoisotopic (exact) mass is 257 g/mol. The quantitative estimate of drug-likeness (QED) is 0.725. The average Bonchev–Trinajstić information content (AvgIpc) is 2.82. The number of unbranched alkanes of at least 4 members (excludes halogenated alkanes) is 1. The van der Waals surface area contributed by atoms with Gasteiger partial charge in [0.2, 0.25) is 5.91 Å². The van der Waals surface area contributed by atoms with Crippen molar-refractivity contribution in [2.45, 2.75) is 58.1 Å². The minimum Gasteiger partial charge on any atom is -0.480 e. The lowest BCUT2D eigenvalue weighted by molar-refractivity contribution is -0.143. The molecule has 1 aliphatic heterocycles. The van der Waals surface area contributed by atoms with Gasteiger partial charge in [0.25, 0.3) is 0 Å². The topological polar surface area (TPSA) is 75.6 Å². The molecule has 104 valence electrons. The van der Waals surface area contributed by atoms with Gasteiger partial charge in [0, 0.05) is 6.61 Å². The smallest absolute Gasteiger partial charge is 0.326 e. The Hall–Kier alpha value is -1.10. The number of ether oxygens (including phenoxy) is 1. The molecule has 0 saturated carbocycles. The third-order valence-electron chi connectivity index (χ3n) is 3.41. The van der Waals surface area contributed by atoms with E-state index in [0.29, 0.717) is 19.4 Å². The van der Waals surface area contributed by atoms with Crippen molar-refractivity contribution in [1.82, 2.24) is 5.32 Å². The molecule has 5 heteroatoms. The molecule has 0 radical (unpaired) electrons. The molecule has 0 spiro atoms. The van der Waals surface area contributed by atoms with Crippen molar-refractivity contribution in [2.75, 3.05) is 6.61 Å². The van der Waals surface area contributed by atoms with E-state index in [1.165, 1.54) is 0 Å². The van der Waals surface area contributed by atoms with Gasteiger partial charge in [0.15, 0.2) is 0 Å². The van der Waals surface area contributed by atoms with E-state index in [0.717, 1.165) is 19.3 Å². The third-order valence-corrected chi connectivity index (χ3v) is 3.41. The molecule has 1 saturated heterocycles. The summed E-state index contributed by atoms with van der Waals surface area (Å²) in [5.41, 5.74) is 0. The lowest BCUT2D eigenvalue weighted by atomic mass is 9.98. The molecular formula is C13H23NO4. The molecule has 1 rings (SSSR count). The Bertz CT molecular complexity index is 293. The summed E-state index contributed by atoms with van der Waals surface area (Å²) in [4.78, 5) is 23.1. The molecule has 5 nitrogen and oxygen atoms in total. The van der Waals surface area contributed by atoms with Gasteiger partial charge in [-0.05, 0) is 19.3 Å². The van der Waals surface area contributed by atoms with Gasteiger partial charge in [-0.15, -0.1) is 0 Å². The van der Waals surface area contributed by atoms with Crippen molar-refractivity contribution in [2.24, 2.45) is 5.92 Å². The van der Waals surface area contributed by atoms with E-state index in [9.17, 15) is 9.59 Å². The molecule has 1 fully saturated rings. The van der Waals surface area contributed by atoms with Gasteiger partial charge in [-0.25, -0.2) is 4.79 Å². The van der Waals surface area contributed by atoms with Gasteiger partial charge >= 0.3 is 5.97 Å². The van der Waals surface area contributed by atoms with Crippen LogP contribution in [0.1, 0.15) is 46.0 Å². The number of carbonyl (C=O) groups is 2. The van der Waals surface area contributed by atoms with Crippen LogP contribution in [0.4, 0.5) is 0 Å². The molecule has 0 aromatic heterocycles. The number of amides is 1. The maximum absolute atomic E-state index is 12.0. The van der Waals surface area contributed by atoms with Gasteiger partial charge in [0.1, 0.15) is 6.04 Å². The summed E-state index contributed by atoms with van der Waals surface area (Å²) in [6.07, 6.45) is 3.61. The highest BCUT2D eigenvalue weighted by Crippen LogP contribution is 2.23. The van der Waals surface area contributed by atoms with Crippen LogP contribution in [0.3, 0.4) is 0 Å². The molecule has 18 heavy (non-hydrogen) atoms. The zero-order valence-corrected chi connectivity index (χ0v) is 11.1. The van der Waals surface area contributed by atoms with Crippen LogP contribution in [-0.4, -0.2) is 35.7 Å². The van der Waals surface area contributed by atoms with E-state index in [-0.39, 0.29) is 17.9 Å². The Morgan fingerprint density at radius 2 is 2.17 bits per heavy atom. The summed E-state index contributed by atoms with van der Waals surface area (Å²) in [5.74, 6) is -1.33. The maximum Gasteiger partial charge on any atom is 0.326 e.